The molecule has 3 fully saturated rings. The first-order chi connectivity index (χ1) is 19.4. The minimum atomic E-state index is -1.00. The number of para-hydroxylation sites is 1. The van der Waals surface area contributed by atoms with Crippen molar-refractivity contribution in [3.63, 3.8) is 0 Å². The first-order valence-electron chi connectivity index (χ1n) is 14.4. The van der Waals surface area contributed by atoms with Gasteiger partial charge < -0.3 is 25.7 Å². The number of benzene rings is 1. The number of primary amides is 1. The van der Waals surface area contributed by atoms with Crippen molar-refractivity contribution >= 4 is 28.8 Å². The molecule has 2 saturated heterocycles. The second kappa shape index (κ2) is 12.7. The Morgan fingerprint density at radius 1 is 1.20 bits per heavy atom. The first kappa shape index (κ1) is 27.9. The number of hydrogen-bond donors (Lipinski definition) is 4. The van der Waals surface area contributed by atoms with Gasteiger partial charge in [-0.15, -0.1) is 0 Å². The Hall–Kier alpha value is -3.62. The van der Waals surface area contributed by atoms with Crippen LogP contribution in [-0.2, 0) is 16.1 Å². The highest BCUT2D eigenvalue weighted by molar-refractivity contribution is 5.97. The summed E-state index contributed by atoms with van der Waals surface area (Å²) in [5.41, 5.74) is 6.73. The molecule has 2 atom stereocenters. The highest BCUT2D eigenvalue weighted by atomic mass is 16.5. The minimum Gasteiger partial charge on any atom is -0.378 e. The van der Waals surface area contributed by atoms with E-state index in [1.165, 1.54) is 17.4 Å². The number of ether oxygens (including phenoxy) is 1. The monoisotopic (exact) mass is 548 g/mol. The quantitative estimate of drug-likeness (QED) is 0.308. The topological polar surface area (TPSA) is 152 Å². The fourth-order valence-electron chi connectivity index (χ4n) is 6.25. The average molecular weight is 549 g/mol. The number of nitrogens with zero attached hydrogens (tertiary/aromatic N) is 4. The van der Waals surface area contributed by atoms with E-state index in [0.29, 0.717) is 70.7 Å². The Bertz CT molecular complexity index is 1260. The number of aliphatic imine (C=N–C) groups is 1. The van der Waals surface area contributed by atoms with Crippen molar-refractivity contribution in [1.82, 2.24) is 25.4 Å². The van der Waals surface area contributed by atoms with Crippen LogP contribution in [0.15, 0.2) is 35.5 Å². The van der Waals surface area contributed by atoms with Gasteiger partial charge in [-0.2, -0.15) is 5.26 Å². The number of hydrogen-bond acceptors (Lipinski definition) is 6. The van der Waals surface area contributed by atoms with Crippen molar-refractivity contribution in [1.29, 1.82) is 5.26 Å². The average Bonchev–Trinajstić information content (AvgIpc) is 3.57. The van der Waals surface area contributed by atoms with Gasteiger partial charge >= 0.3 is 6.03 Å². The molecular formula is C29H40N8O3. The molecule has 214 valence electrons. The molecule has 0 radical (unpaired) electrons. The van der Waals surface area contributed by atoms with Crippen LogP contribution < -0.4 is 16.4 Å². The largest absolute Gasteiger partial charge is 0.378 e. The van der Waals surface area contributed by atoms with Crippen LogP contribution in [0.5, 0.6) is 0 Å². The first-order valence-corrected chi connectivity index (χ1v) is 14.4. The van der Waals surface area contributed by atoms with Crippen LogP contribution in [0.25, 0.3) is 10.9 Å². The zero-order valence-corrected chi connectivity index (χ0v) is 23.0. The van der Waals surface area contributed by atoms with Crippen LogP contribution in [-0.4, -0.2) is 83.7 Å². The van der Waals surface area contributed by atoms with Crippen LogP contribution in [0.3, 0.4) is 0 Å². The molecule has 0 spiro atoms. The van der Waals surface area contributed by atoms with Crippen molar-refractivity contribution in [3.8, 4) is 6.07 Å². The van der Waals surface area contributed by atoms with Gasteiger partial charge in [0.05, 0.1) is 19.3 Å². The number of guanidine groups is 1. The van der Waals surface area contributed by atoms with Crippen molar-refractivity contribution in [2.75, 3.05) is 39.4 Å². The summed E-state index contributed by atoms with van der Waals surface area (Å²) >= 11 is 0. The summed E-state index contributed by atoms with van der Waals surface area (Å²) in [5.74, 6) is 0.385. The third kappa shape index (κ3) is 6.74. The number of aromatic amines is 1. The predicted molar refractivity (Wildman–Crippen MR) is 152 cm³/mol. The van der Waals surface area contributed by atoms with Gasteiger partial charge in [-0.25, -0.2) is 9.79 Å². The molecule has 5 rings (SSSR count). The summed E-state index contributed by atoms with van der Waals surface area (Å²) in [7, 11) is 0. The number of amides is 3. The van der Waals surface area contributed by atoms with Crippen LogP contribution in [0.1, 0.15) is 50.5 Å². The van der Waals surface area contributed by atoms with Crippen molar-refractivity contribution < 1.29 is 14.3 Å². The number of morpholine rings is 1. The number of rotatable bonds is 7. The van der Waals surface area contributed by atoms with Gasteiger partial charge in [0.1, 0.15) is 11.6 Å². The van der Waals surface area contributed by atoms with E-state index in [9.17, 15) is 14.9 Å². The Labute approximate surface area is 235 Å². The molecule has 3 heterocycles. The van der Waals surface area contributed by atoms with Gasteiger partial charge in [-0.1, -0.05) is 50.3 Å². The SMILES string of the molecule is N#CC1(NC(=O)C(CC2CCCCC2)N=C(NC(N)=O)N2CCOCC2)CCN(Cc2c[nH]c3ccccc23)C1. The maximum atomic E-state index is 13.9. The fraction of sp³-hybridized carbons (Fsp3) is 0.586. The second-order valence-electron chi connectivity index (χ2n) is 11.3. The number of urea groups is 1. The molecule has 1 aromatic carbocycles. The normalized spacial score (nSPS) is 23.6. The van der Waals surface area contributed by atoms with E-state index < -0.39 is 17.6 Å². The molecular weight excluding hydrogens is 508 g/mol. The number of carbonyl (C=O) groups excluding carboxylic acids is 2. The molecule has 11 nitrogen and oxygen atoms in total. The summed E-state index contributed by atoms with van der Waals surface area (Å²) in [5, 5.41) is 17.2. The molecule has 1 aromatic heterocycles. The molecule has 5 N–H and O–H groups in total. The number of nitrogens with one attached hydrogen (secondary N) is 3. The van der Waals surface area contributed by atoms with E-state index in [4.69, 9.17) is 15.5 Å². The Kier molecular flexibility index (Phi) is 8.87. The molecule has 1 saturated carbocycles. The lowest BCUT2D eigenvalue weighted by Gasteiger charge is -2.32. The van der Waals surface area contributed by atoms with E-state index >= 15 is 0 Å². The number of nitriles is 1. The second-order valence-corrected chi connectivity index (χ2v) is 11.3. The number of nitrogens with two attached hydrogens (primary N) is 1. The van der Waals surface area contributed by atoms with E-state index in [2.05, 4.69) is 32.7 Å². The summed E-state index contributed by atoms with van der Waals surface area (Å²) < 4.78 is 5.45. The van der Waals surface area contributed by atoms with Gasteiger partial charge in [-0.05, 0) is 30.4 Å². The van der Waals surface area contributed by atoms with E-state index in [1.807, 2.05) is 29.3 Å². The third-order valence-corrected chi connectivity index (χ3v) is 8.40. The minimum absolute atomic E-state index is 0.280. The summed E-state index contributed by atoms with van der Waals surface area (Å²) in [6.07, 6.45) is 8.72. The summed E-state index contributed by atoms with van der Waals surface area (Å²) in [6.45, 7) is 3.92. The molecule has 11 heteroatoms. The smallest absolute Gasteiger partial charge is 0.318 e. The highest BCUT2D eigenvalue weighted by Crippen LogP contribution is 2.30. The van der Waals surface area contributed by atoms with Gasteiger partial charge in [0, 0.05) is 49.8 Å². The molecule has 2 unspecified atom stereocenters. The van der Waals surface area contributed by atoms with Gasteiger partial charge in [0.2, 0.25) is 11.9 Å². The maximum absolute atomic E-state index is 13.9. The van der Waals surface area contributed by atoms with Crippen molar-refractivity contribution in [2.24, 2.45) is 16.6 Å². The molecule has 40 heavy (non-hydrogen) atoms. The van der Waals surface area contributed by atoms with E-state index in [1.54, 1.807) is 0 Å². The zero-order valence-electron chi connectivity index (χ0n) is 23.0. The lowest BCUT2D eigenvalue weighted by Crippen LogP contribution is -2.54. The van der Waals surface area contributed by atoms with Crippen molar-refractivity contribution in [2.45, 2.75) is 63.1 Å². The van der Waals surface area contributed by atoms with Crippen LogP contribution >= 0.6 is 0 Å². The number of carbonyl (C=O) groups is 2. The van der Waals surface area contributed by atoms with E-state index in [-0.39, 0.29) is 5.91 Å². The highest BCUT2D eigenvalue weighted by Gasteiger charge is 2.41. The van der Waals surface area contributed by atoms with Crippen LogP contribution in [0, 0.1) is 17.2 Å². The standard InChI is InChI=1S/C29H40N8O3/c30-19-29(10-11-36(20-29)18-22-17-32-24-9-5-4-8-23(22)24)35-26(38)25(16-21-6-2-1-3-7-21)33-28(34-27(31)39)37-12-14-40-15-13-37/h4-5,8-9,17,21,25,32H,1-3,6-7,10-16,18,20H2,(H,35,38)(H3,31,33,34,39). The van der Waals surface area contributed by atoms with Gasteiger partial charge in [-0.3, -0.25) is 15.0 Å². The zero-order chi connectivity index (χ0) is 28.0. The molecule has 0 bridgehead atoms. The molecule has 2 aliphatic heterocycles. The van der Waals surface area contributed by atoms with Crippen LogP contribution in [0.2, 0.25) is 0 Å². The van der Waals surface area contributed by atoms with Crippen LogP contribution in [0.4, 0.5) is 4.79 Å². The summed E-state index contributed by atoms with van der Waals surface area (Å²) in [4.78, 5) is 37.9. The maximum Gasteiger partial charge on any atom is 0.318 e. The Morgan fingerprint density at radius 3 is 2.73 bits per heavy atom. The predicted octanol–water partition coefficient (Wildman–Crippen LogP) is 2.45. The molecule has 2 aromatic rings. The lowest BCUT2D eigenvalue weighted by molar-refractivity contribution is -0.124. The van der Waals surface area contributed by atoms with Crippen molar-refractivity contribution in [3.05, 3.63) is 36.0 Å². The number of H-pyrrole nitrogens is 1. The Balaban J connectivity index is 1.32. The molecule has 1 aliphatic carbocycles. The summed E-state index contributed by atoms with van der Waals surface area (Å²) in [6, 6.07) is 9.13. The van der Waals surface area contributed by atoms with Gasteiger partial charge in [0.15, 0.2) is 0 Å². The van der Waals surface area contributed by atoms with E-state index in [0.717, 1.165) is 31.2 Å². The number of aromatic nitrogens is 1. The fourth-order valence-corrected chi connectivity index (χ4v) is 6.25. The Morgan fingerprint density at radius 2 is 1.98 bits per heavy atom. The molecule has 3 aliphatic rings. The molecule has 3 amide bonds. The number of fused-ring (bicyclic) bond motifs is 1. The van der Waals surface area contributed by atoms with Gasteiger partial charge in [0.25, 0.3) is 0 Å². The third-order valence-electron chi connectivity index (χ3n) is 8.40. The number of likely N-dealkylation sites (tertiary alicyclic amines) is 1. The lowest BCUT2D eigenvalue weighted by atomic mass is 9.84.